The van der Waals surface area contributed by atoms with Gasteiger partial charge in [-0.1, -0.05) is 137 Å². The Balaban J connectivity index is 1.60. The molecule has 0 aliphatic heterocycles. The molecule has 1 amide bonds. The van der Waals surface area contributed by atoms with Crippen LogP contribution in [0.25, 0.3) is 0 Å². The van der Waals surface area contributed by atoms with Gasteiger partial charge < -0.3 is 4.90 Å². The van der Waals surface area contributed by atoms with Gasteiger partial charge in [0.15, 0.2) is 0 Å². The summed E-state index contributed by atoms with van der Waals surface area (Å²) in [5, 5.41) is 0. The van der Waals surface area contributed by atoms with Crippen molar-refractivity contribution < 1.29 is 4.79 Å². The maximum atomic E-state index is 14.1. The van der Waals surface area contributed by atoms with Crippen molar-refractivity contribution in [3.63, 3.8) is 0 Å². The van der Waals surface area contributed by atoms with Gasteiger partial charge in [0.05, 0.1) is 5.54 Å². The molecule has 2 heteroatoms. The summed E-state index contributed by atoms with van der Waals surface area (Å²) < 4.78 is 0. The van der Waals surface area contributed by atoms with Crippen LogP contribution in [0.4, 0.5) is 0 Å². The van der Waals surface area contributed by atoms with Gasteiger partial charge in [0.1, 0.15) is 0 Å². The van der Waals surface area contributed by atoms with E-state index in [4.69, 9.17) is 0 Å². The molecule has 0 saturated heterocycles. The highest BCUT2D eigenvalue weighted by molar-refractivity contribution is 5.81. The van der Waals surface area contributed by atoms with E-state index in [1.54, 1.807) is 0 Å². The number of hydrogen-bond donors (Lipinski definition) is 0. The van der Waals surface area contributed by atoms with E-state index < -0.39 is 0 Å². The molecular formula is C33H59NO. The van der Waals surface area contributed by atoms with Crippen LogP contribution < -0.4 is 0 Å². The average Bonchev–Trinajstić information content (AvgIpc) is 2.84. The molecule has 4 fully saturated rings. The molecule has 4 aliphatic carbocycles. The first-order valence-electron chi connectivity index (χ1n) is 15.9. The molecule has 3 unspecified atom stereocenters. The third-order valence-electron chi connectivity index (χ3n) is 10.8. The molecule has 3 atom stereocenters. The smallest absolute Gasteiger partial charge is 0.230 e. The first-order valence-corrected chi connectivity index (χ1v) is 15.9. The predicted octanol–water partition coefficient (Wildman–Crippen LogP) is 10.2. The molecule has 0 aromatic heterocycles. The van der Waals surface area contributed by atoms with Gasteiger partial charge in [0.25, 0.3) is 0 Å². The van der Waals surface area contributed by atoms with Gasteiger partial charge in [-0.2, -0.15) is 0 Å². The van der Waals surface area contributed by atoms with E-state index in [0.717, 1.165) is 18.8 Å². The highest BCUT2D eigenvalue weighted by atomic mass is 16.2. The van der Waals surface area contributed by atoms with Gasteiger partial charge in [-0.15, -0.1) is 0 Å². The molecular weight excluding hydrogens is 426 g/mol. The maximum Gasteiger partial charge on any atom is 0.230 e. The number of amides is 1. The second-order valence-corrected chi connectivity index (χ2v) is 13.2. The molecule has 35 heavy (non-hydrogen) atoms. The minimum atomic E-state index is -0.00200. The Morgan fingerprint density at radius 1 is 0.686 bits per heavy atom. The minimum absolute atomic E-state index is 0.00200. The number of nitrogens with zero attached hydrogens (tertiary/aromatic N) is 1. The van der Waals surface area contributed by atoms with Crippen LogP contribution in [0, 0.1) is 23.2 Å². The molecule has 202 valence electrons. The van der Waals surface area contributed by atoms with Crippen LogP contribution >= 0.6 is 0 Å². The van der Waals surface area contributed by atoms with Crippen LogP contribution in [-0.2, 0) is 4.79 Å². The van der Waals surface area contributed by atoms with Crippen LogP contribution in [0.3, 0.4) is 0 Å². The van der Waals surface area contributed by atoms with Crippen molar-refractivity contribution in [1.82, 2.24) is 4.90 Å². The van der Waals surface area contributed by atoms with Crippen molar-refractivity contribution in [2.75, 3.05) is 0 Å². The lowest BCUT2D eigenvalue weighted by molar-refractivity contribution is -0.205. The molecule has 0 radical (unpaired) electrons. The van der Waals surface area contributed by atoms with Gasteiger partial charge in [-0.3, -0.25) is 4.79 Å². The van der Waals surface area contributed by atoms with Crippen molar-refractivity contribution in [3.8, 4) is 0 Å². The second kappa shape index (κ2) is 14.2. The van der Waals surface area contributed by atoms with E-state index in [2.05, 4.69) is 32.3 Å². The molecule has 4 rings (SSSR count). The molecule has 0 spiro atoms. The molecule has 0 heterocycles. The Kier molecular flexibility index (Phi) is 11.7. The first-order chi connectivity index (χ1) is 16.9. The van der Waals surface area contributed by atoms with Crippen molar-refractivity contribution in [2.45, 2.75) is 168 Å². The fourth-order valence-electron chi connectivity index (χ4n) is 8.22. The highest BCUT2D eigenvalue weighted by Crippen LogP contribution is 2.66. The third-order valence-corrected chi connectivity index (χ3v) is 10.8. The second-order valence-electron chi connectivity index (χ2n) is 13.2. The Hall–Kier alpha value is -0.790. The summed E-state index contributed by atoms with van der Waals surface area (Å²) in [5.74, 6) is 1.93. The van der Waals surface area contributed by atoms with E-state index in [1.165, 1.54) is 128 Å². The van der Waals surface area contributed by atoms with Gasteiger partial charge in [0, 0.05) is 12.1 Å². The fraction of sp³-hybridized carbons (Fsp3) is 0.909. The first kappa shape index (κ1) is 28.8. The van der Waals surface area contributed by atoms with Crippen molar-refractivity contribution >= 4 is 5.91 Å². The molecule has 0 aromatic carbocycles. The summed E-state index contributed by atoms with van der Waals surface area (Å²) in [6, 6.07) is 0. The van der Waals surface area contributed by atoms with E-state index in [-0.39, 0.29) is 16.9 Å². The topological polar surface area (TPSA) is 20.3 Å². The number of hydrogen-bond acceptors (Lipinski definition) is 1. The van der Waals surface area contributed by atoms with Crippen LogP contribution in [0.1, 0.15) is 162 Å². The van der Waals surface area contributed by atoms with Crippen LogP contribution in [-0.4, -0.2) is 16.3 Å². The van der Waals surface area contributed by atoms with E-state index in [1.807, 2.05) is 6.20 Å². The molecule has 0 N–H and O–H groups in total. The Morgan fingerprint density at radius 2 is 1.09 bits per heavy atom. The Morgan fingerprint density at radius 3 is 1.43 bits per heavy atom. The molecule has 4 saturated carbocycles. The number of rotatable bonds is 3. The van der Waals surface area contributed by atoms with Gasteiger partial charge in [0.2, 0.25) is 5.91 Å². The zero-order chi connectivity index (χ0) is 25.2. The SMILES string of the molecule is C=CN(C(=O)C1CCCCCCCCCCCCCCCCCCC1)C12CC(CCC1C)C2(C)C. The summed E-state index contributed by atoms with van der Waals surface area (Å²) in [6.07, 6.45) is 31.2. The summed E-state index contributed by atoms with van der Waals surface area (Å²) >= 11 is 0. The van der Waals surface area contributed by atoms with Gasteiger partial charge in [-0.05, 0) is 49.4 Å². The molecule has 4 aliphatic rings. The lowest BCUT2D eigenvalue weighted by atomic mass is 9.40. The van der Waals surface area contributed by atoms with Gasteiger partial charge in [-0.25, -0.2) is 0 Å². The standard InChI is InChI=1S/C33H59NO/c1-5-34(33-27-30(32(33,3)4)26-25-28(33)2)31(35)29-23-21-19-17-15-13-11-9-7-6-8-10-12-14-16-18-20-22-24-29/h5,28-30H,1,6-27H2,2-4H3. The summed E-state index contributed by atoms with van der Waals surface area (Å²) in [4.78, 5) is 16.3. The summed E-state index contributed by atoms with van der Waals surface area (Å²) in [5.41, 5.74) is 0.208. The van der Waals surface area contributed by atoms with Crippen LogP contribution in [0.15, 0.2) is 12.8 Å². The number of fused-ring (bicyclic) bond motifs is 2. The highest BCUT2D eigenvalue weighted by Gasteiger charge is 2.67. The van der Waals surface area contributed by atoms with Crippen molar-refractivity contribution in [2.24, 2.45) is 23.2 Å². The van der Waals surface area contributed by atoms with E-state index in [0.29, 0.717) is 11.8 Å². The Labute approximate surface area is 219 Å². The lowest BCUT2D eigenvalue weighted by Gasteiger charge is -2.71. The lowest BCUT2D eigenvalue weighted by Crippen LogP contribution is -2.74. The monoisotopic (exact) mass is 485 g/mol. The Bertz CT molecular complexity index is 619. The molecule has 0 aromatic rings. The summed E-state index contributed by atoms with van der Waals surface area (Å²) in [7, 11) is 0. The molecule has 2 bridgehead atoms. The number of carbonyl (C=O) groups is 1. The maximum absolute atomic E-state index is 14.1. The van der Waals surface area contributed by atoms with Crippen LogP contribution in [0.2, 0.25) is 0 Å². The fourth-order valence-corrected chi connectivity index (χ4v) is 8.22. The third kappa shape index (κ3) is 6.95. The largest absolute Gasteiger partial charge is 0.313 e. The summed E-state index contributed by atoms with van der Waals surface area (Å²) in [6.45, 7) is 11.5. The van der Waals surface area contributed by atoms with E-state index in [9.17, 15) is 4.79 Å². The van der Waals surface area contributed by atoms with Crippen molar-refractivity contribution in [3.05, 3.63) is 12.8 Å². The zero-order valence-corrected chi connectivity index (χ0v) is 23.9. The minimum Gasteiger partial charge on any atom is -0.313 e. The average molecular weight is 486 g/mol. The van der Waals surface area contributed by atoms with Crippen molar-refractivity contribution in [1.29, 1.82) is 0 Å². The normalized spacial score (nSPS) is 32.7. The van der Waals surface area contributed by atoms with Gasteiger partial charge >= 0.3 is 0 Å². The predicted molar refractivity (Wildman–Crippen MR) is 151 cm³/mol. The molecule has 2 nitrogen and oxygen atoms in total. The van der Waals surface area contributed by atoms with Crippen LogP contribution in [0.5, 0.6) is 0 Å². The quantitative estimate of drug-likeness (QED) is 0.389. The van der Waals surface area contributed by atoms with E-state index >= 15 is 0 Å². The zero-order valence-electron chi connectivity index (χ0n) is 23.9. The number of carbonyl (C=O) groups excluding carboxylic acids is 1.